The molecular weight excluding hydrogens is 296 g/mol. The van der Waals surface area contributed by atoms with Gasteiger partial charge in [0.1, 0.15) is 0 Å². The van der Waals surface area contributed by atoms with Crippen LogP contribution in [-0.2, 0) is 8.85 Å². The quantitative estimate of drug-likeness (QED) is 0.584. The van der Waals surface area contributed by atoms with Crippen LogP contribution in [0.3, 0.4) is 0 Å². The summed E-state index contributed by atoms with van der Waals surface area (Å²) in [6.45, 7) is 25.5. The molecule has 0 aliphatic carbocycles. The average molecular weight is 335 g/mol. The van der Waals surface area contributed by atoms with Crippen LogP contribution in [0.5, 0.6) is 0 Å². The lowest BCUT2D eigenvalue weighted by Crippen LogP contribution is -2.59. The van der Waals surface area contributed by atoms with Gasteiger partial charge < -0.3 is 8.85 Å². The van der Waals surface area contributed by atoms with Crippen molar-refractivity contribution in [3.05, 3.63) is 0 Å². The van der Waals surface area contributed by atoms with Crippen molar-refractivity contribution in [3.63, 3.8) is 0 Å². The third-order valence-electron chi connectivity index (χ3n) is 4.80. The van der Waals surface area contributed by atoms with Gasteiger partial charge in [-0.1, -0.05) is 33.5 Å². The minimum Gasteiger partial charge on any atom is -0.415 e. The van der Waals surface area contributed by atoms with Crippen molar-refractivity contribution in [2.75, 3.05) is 0 Å². The molecule has 0 aromatic heterocycles. The van der Waals surface area contributed by atoms with Gasteiger partial charge >= 0.3 is 0 Å². The molecule has 2 nitrogen and oxygen atoms in total. The van der Waals surface area contributed by atoms with Gasteiger partial charge in [0.25, 0.3) is 0 Å². The first-order valence-electron chi connectivity index (χ1n) is 8.09. The van der Waals surface area contributed by atoms with E-state index in [0.29, 0.717) is 0 Å². The third kappa shape index (κ3) is 5.40. The first-order chi connectivity index (χ1) is 8.71. The molecule has 0 fully saturated rings. The molecule has 0 aromatic carbocycles. The van der Waals surface area contributed by atoms with Crippen LogP contribution in [0.2, 0.25) is 45.8 Å². The number of hydrogen-bond donors (Lipinski definition) is 0. The van der Waals surface area contributed by atoms with Crippen molar-refractivity contribution in [3.8, 4) is 0 Å². The first-order valence-corrected chi connectivity index (χ1v) is 17.2. The van der Waals surface area contributed by atoms with E-state index < -0.39 is 25.4 Å². The standard InChI is InChI=1S/C15H38O2Si3/c1-12-14(3,17-20(9,10)11)18(5)16-15(4,13-2)19(6,7)8/h18H,12-13H2,1-11H3/t14?,15-,18?/m0/s1. The molecule has 0 amide bonds. The Balaban J connectivity index is 5.17. The van der Waals surface area contributed by atoms with Gasteiger partial charge in [-0.05, 0) is 52.9 Å². The zero-order valence-corrected chi connectivity index (χ0v) is 19.0. The molecule has 0 aromatic rings. The van der Waals surface area contributed by atoms with E-state index in [-0.39, 0.29) is 10.4 Å². The van der Waals surface area contributed by atoms with Crippen molar-refractivity contribution in [1.29, 1.82) is 0 Å². The summed E-state index contributed by atoms with van der Waals surface area (Å²) in [5.74, 6) is 0. The molecule has 3 atom stereocenters. The van der Waals surface area contributed by atoms with E-state index in [1.807, 2.05) is 0 Å². The predicted molar refractivity (Wildman–Crippen MR) is 99.3 cm³/mol. The Labute approximate surface area is 131 Å². The van der Waals surface area contributed by atoms with Gasteiger partial charge in [0.2, 0.25) is 9.04 Å². The Morgan fingerprint density at radius 1 is 0.900 bits per heavy atom. The lowest BCUT2D eigenvalue weighted by molar-refractivity contribution is 0.0892. The normalized spacial score (nSPS) is 21.1. The van der Waals surface area contributed by atoms with Crippen LogP contribution in [0.25, 0.3) is 0 Å². The highest BCUT2D eigenvalue weighted by Crippen LogP contribution is 2.33. The van der Waals surface area contributed by atoms with E-state index in [9.17, 15) is 0 Å². The molecule has 0 spiro atoms. The van der Waals surface area contributed by atoms with E-state index in [2.05, 4.69) is 73.5 Å². The maximum absolute atomic E-state index is 6.75. The monoisotopic (exact) mass is 334 g/mol. The summed E-state index contributed by atoms with van der Waals surface area (Å²) in [4.78, 5) is 0. The lowest BCUT2D eigenvalue weighted by Gasteiger charge is -2.47. The molecule has 0 saturated carbocycles. The molecule has 20 heavy (non-hydrogen) atoms. The van der Waals surface area contributed by atoms with Gasteiger partial charge in [-0.2, -0.15) is 0 Å². The summed E-state index contributed by atoms with van der Waals surface area (Å²) < 4.78 is 13.3. The molecule has 0 radical (unpaired) electrons. The summed E-state index contributed by atoms with van der Waals surface area (Å²) >= 11 is 0. The smallest absolute Gasteiger partial charge is 0.204 e. The van der Waals surface area contributed by atoms with Gasteiger partial charge in [-0.15, -0.1) is 0 Å². The van der Waals surface area contributed by atoms with Gasteiger partial charge in [0.05, 0.1) is 13.3 Å². The molecule has 0 heterocycles. The number of rotatable bonds is 8. The van der Waals surface area contributed by atoms with Crippen LogP contribution in [-0.4, -0.2) is 35.9 Å². The third-order valence-corrected chi connectivity index (χ3v) is 13.1. The SMILES string of the molecule is CCC(C)(O[Si](C)(C)C)[SiH](C)O[C@](C)(CC)[Si](C)(C)C. The minimum atomic E-state index is -1.54. The minimum absolute atomic E-state index is 0.0411. The van der Waals surface area contributed by atoms with Crippen molar-refractivity contribution in [2.24, 2.45) is 0 Å². The molecule has 0 saturated heterocycles. The van der Waals surface area contributed by atoms with Crippen LogP contribution in [0, 0.1) is 0 Å². The second-order valence-corrected chi connectivity index (χ2v) is 21.2. The molecule has 0 rings (SSSR count). The maximum atomic E-state index is 6.75. The van der Waals surface area contributed by atoms with E-state index in [1.54, 1.807) is 0 Å². The molecule has 0 bridgehead atoms. The molecule has 122 valence electrons. The van der Waals surface area contributed by atoms with Gasteiger partial charge in [-0.25, -0.2) is 0 Å². The molecule has 5 heteroatoms. The van der Waals surface area contributed by atoms with Crippen LogP contribution in [0.1, 0.15) is 40.5 Å². The van der Waals surface area contributed by atoms with Gasteiger partial charge in [0, 0.05) is 5.22 Å². The fourth-order valence-corrected chi connectivity index (χ4v) is 10.5. The largest absolute Gasteiger partial charge is 0.415 e. The van der Waals surface area contributed by atoms with Crippen LogP contribution < -0.4 is 0 Å². The van der Waals surface area contributed by atoms with Crippen molar-refractivity contribution >= 4 is 25.4 Å². The van der Waals surface area contributed by atoms with E-state index in [0.717, 1.165) is 12.8 Å². The second-order valence-electron chi connectivity index (χ2n) is 8.48. The molecule has 0 N–H and O–H groups in total. The summed E-state index contributed by atoms with van der Waals surface area (Å²) in [5.41, 5.74) is 0. The average Bonchev–Trinajstić information content (AvgIpc) is 2.24. The summed E-state index contributed by atoms with van der Waals surface area (Å²) in [6, 6.07) is 0. The van der Waals surface area contributed by atoms with Crippen molar-refractivity contribution in [1.82, 2.24) is 0 Å². The van der Waals surface area contributed by atoms with Crippen molar-refractivity contribution < 1.29 is 8.85 Å². The van der Waals surface area contributed by atoms with Crippen molar-refractivity contribution in [2.45, 2.75) is 96.8 Å². The topological polar surface area (TPSA) is 18.5 Å². The molecular formula is C15H38O2Si3. The Hall–Kier alpha value is 0.571. The number of hydrogen-bond acceptors (Lipinski definition) is 2. The van der Waals surface area contributed by atoms with Gasteiger partial charge in [-0.3, -0.25) is 0 Å². The predicted octanol–water partition coefficient (Wildman–Crippen LogP) is 4.96. The zero-order chi connectivity index (χ0) is 16.4. The zero-order valence-electron chi connectivity index (χ0n) is 15.8. The Morgan fingerprint density at radius 2 is 1.35 bits per heavy atom. The molecule has 2 unspecified atom stereocenters. The first kappa shape index (κ1) is 20.6. The highest BCUT2D eigenvalue weighted by molar-refractivity contribution is 6.79. The Bertz CT molecular complexity index is 309. The van der Waals surface area contributed by atoms with E-state index >= 15 is 0 Å². The van der Waals surface area contributed by atoms with Gasteiger partial charge in [0.15, 0.2) is 8.32 Å². The summed E-state index contributed by atoms with van der Waals surface area (Å²) in [7, 11) is -4.32. The fourth-order valence-electron chi connectivity index (χ4n) is 2.45. The summed E-state index contributed by atoms with van der Waals surface area (Å²) in [5, 5.41) is 0.0262. The van der Waals surface area contributed by atoms with Crippen LogP contribution in [0.15, 0.2) is 0 Å². The maximum Gasteiger partial charge on any atom is 0.204 e. The van der Waals surface area contributed by atoms with Crippen LogP contribution >= 0.6 is 0 Å². The molecule has 0 aliphatic rings. The van der Waals surface area contributed by atoms with E-state index in [4.69, 9.17) is 8.85 Å². The highest BCUT2D eigenvalue weighted by atomic mass is 28.4. The Kier molecular flexibility index (Phi) is 6.96. The van der Waals surface area contributed by atoms with Crippen LogP contribution in [0.4, 0.5) is 0 Å². The summed E-state index contributed by atoms with van der Waals surface area (Å²) in [6.07, 6.45) is 2.16. The fraction of sp³-hybridized carbons (Fsp3) is 1.00. The Morgan fingerprint density at radius 3 is 1.60 bits per heavy atom. The lowest BCUT2D eigenvalue weighted by atomic mass is 10.3. The highest BCUT2D eigenvalue weighted by Gasteiger charge is 2.45. The van der Waals surface area contributed by atoms with E-state index in [1.165, 1.54) is 0 Å². The second kappa shape index (κ2) is 6.77. The molecule has 0 aliphatic heterocycles.